The highest BCUT2D eigenvalue weighted by molar-refractivity contribution is 5.88. The average Bonchev–Trinajstić information content (AvgIpc) is 3.09. The van der Waals surface area contributed by atoms with E-state index in [1.165, 1.54) is 21.7 Å². The summed E-state index contributed by atoms with van der Waals surface area (Å²) in [6, 6.07) is 3.01. The fourth-order valence-electron chi connectivity index (χ4n) is 2.37. The molecule has 0 radical (unpaired) electrons. The molecule has 1 fully saturated rings. The summed E-state index contributed by atoms with van der Waals surface area (Å²) in [7, 11) is 1.56. The molecule has 2 amide bonds. The molecule has 0 saturated carbocycles. The van der Waals surface area contributed by atoms with Crippen LogP contribution in [-0.2, 0) is 16.1 Å². The van der Waals surface area contributed by atoms with Crippen LogP contribution < -0.4 is 0 Å². The third-order valence-corrected chi connectivity index (χ3v) is 3.61. The molecule has 1 aromatic heterocycles. The standard InChI is InChI=1S/C14H19N3O4/c1-15(9-13(19)16-6-2-3-7-16)12(18)10-17-8-4-5-11(17)14(20)21/h4-5,8H,2-3,6-7,9-10H2,1H3,(H,20,21). The van der Waals surface area contributed by atoms with E-state index >= 15 is 0 Å². The van der Waals surface area contributed by atoms with Crippen molar-refractivity contribution in [2.45, 2.75) is 19.4 Å². The highest BCUT2D eigenvalue weighted by Crippen LogP contribution is 2.08. The SMILES string of the molecule is CN(CC(=O)N1CCCC1)C(=O)Cn1cccc1C(=O)O. The first kappa shape index (κ1) is 15.1. The molecule has 2 heterocycles. The summed E-state index contributed by atoms with van der Waals surface area (Å²) in [6.45, 7) is 1.45. The van der Waals surface area contributed by atoms with E-state index in [1.807, 2.05) is 0 Å². The number of aromatic carboxylic acids is 1. The van der Waals surface area contributed by atoms with Crippen molar-refractivity contribution in [2.75, 3.05) is 26.7 Å². The fraction of sp³-hybridized carbons (Fsp3) is 0.500. The van der Waals surface area contributed by atoms with Crippen molar-refractivity contribution in [3.8, 4) is 0 Å². The van der Waals surface area contributed by atoms with Crippen molar-refractivity contribution in [1.82, 2.24) is 14.4 Å². The summed E-state index contributed by atoms with van der Waals surface area (Å²) in [6.07, 6.45) is 3.56. The fourth-order valence-corrected chi connectivity index (χ4v) is 2.37. The smallest absolute Gasteiger partial charge is 0.352 e. The van der Waals surface area contributed by atoms with Gasteiger partial charge in [-0.05, 0) is 25.0 Å². The van der Waals surface area contributed by atoms with Gasteiger partial charge in [0.2, 0.25) is 11.8 Å². The second kappa shape index (κ2) is 6.43. The molecule has 0 bridgehead atoms. The number of likely N-dealkylation sites (N-methyl/N-ethyl adjacent to an activating group) is 1. The molecule has 0 unspecified atom stereocenters. The van der Waals surface area contributed by atoms with E-state index in [2.05, 4.69) is 0 Å². The Kier molecular flexibility index (Phi) is 4.62. The molecule has 0 aromatic carbocycles. The number of carbonyl (C=O) groups excluding carboxylic acids is 2. The molecule has 114 valence electrons. The van der Waals surface area contributed by atoms with E-state index in [-0.39, 0.29) is 30.6 Å². The molecule has 7 heteroatoms. The van der Waals surface area contributed by atoms with Crippen LogP contribution in [0.25, 0.3) is 0 Å². The van der Waals surface area contributed by atoms with E-state index < -0.39 is 5.97 Å². The first-order chi connectivity index (χ1) is 9.99. The maximum atomic E-state index is 12.1. The lowest BCUT2D eigenvalue weighted by Gasteiger charge is -2.21. The molecule has 1 aliphatic heterocycles. The number of hydrogen-bond donors (Lipinski definition) is 1. The van der Waals surface area contributed by atoms with Crippen LogP contribution in [0.4, 0.5) is 0 Å². The number of hydrogen-bond acceptors (Lipinski definition) is 3. The van der Waals surface area contributed by atoms with E-state index in [0.29, 0.717) is 0 Å². The molecule has 21 heavy (non-hydrogen) atoms. The third-order valence-electron chi connectivity index (χ3n) is 3.61. The van der Waals surface area contributed by atoms with Gasteiger partial charge in [-0.1, -0.05) is 0 Å². The Morgan fingerprint density at radius 2 is 1.95 bits per heavy atom. The molecule has 1 aliphatic rings. The molecule has 1 saturated heterocycles. The second-order valence-corrected chi connectivity index (χ2v) is 5.16. The molecular formula is C14H19N3O4. The van der Waals surface area contributed by atoms with Gasteiger partial charge in [-0.3, -0.25) is 9.59 Å². The van der Waals surface area contributed by atoms with Gasteiger partial charge in [-0.2, -0.15) is 0 Å². The average molecular weight is 293 g/mol. The van der Waals surface area contributed by atoms with Gasteiger partial charge in [-0.25, -0.2) is 4.79 Å². The van der Waals surface area contributed by atoms with E-state index in [1.54, 1.807) is 18.0 Å². The van der Waals surface area contributed by atoms with Crippen LogP contribution in [0.2, 0.25) is 0 Å². The predicted octanol–water partition coefficient (Wildman–Crippen LogP) is 0.267. The van der Waals surface area contributed by atoms with Gasteiger partial charge in [0.05, 0.1) is 6.54 Å². The van der Waals surface area contributed by atoms with Crippen molar-refractivity contribution in [1.29, 1.82) is 0 Å². The molecule has 0 spiro atoms. The van der Waals surface area contributed by atoms with Crippen LogP contribution in [0.5, 0.6) is 0 Å². The van der Waals surface area contributed by atoms with Crippen LogP contribution in [0.15, 0.2) is 18.3 Å². The van der Waals surface area contributed by atoms with Crippen molar-refractivity contribution in [3.63, 3.8) is 0 Å². The second-order valence-electron chi connectivity index (χ2n) is 5.16. The van der Waals surface area contributed by atoms with E-state index in [0.717, 1.165) is 25.9 Å². The van der Waals surface area contributed by atoms with Crippen molar-refractivity contribution >= 4 is 17.8 Å². The van der Waals surface area contributed by atoms with Crippen molar-refractivity contribution < 1.29 is 19.5 Å². The van der Waals surface area contributed by atoms with Gasteiger partial charge in [0.25, 0.3) is 0 Å². The first-order valence-electron chi connectivity index (χ1n) is 6.89. The van der Waals surface area contributed by atoms with Crippen LogP contribution in [-0.4, -0.2) is 63.9 Å². The molecule has 0 aliphatic carbocycles. The Hall–Kier alpha value is -2.31. The summed E-state index contributed by atoms with van der Waals surface area (Å²) in [5.74, 6) is -1.43. The lowest BCUT2D eigenvalue weighted by atomic mass is 10.4. The summed E-state index contributed by atoms with van der Waals surface area (Å²) in [4.78, 5) is 38.1. The van der Waals surface area contributed by atoms with Crippen molar-refractivity contribution in [2.24, 2.45) is 0 Å². The molecule has 0 atom stereocenters. The predicted molar refractivity (Wildman–Crippen MR) is 74.8 cm³/mol. The van der Waals surface area contributed by atoms with E-state index in [9.17, 15) is 14.4 Å². The Morgan fingerprint density at radius 3 is 2.57 bits per heavy atom. The van der Waals surface area contributed by atoms with Crippen LogP contribution in [0.1, 0.15) is 23.3 Å². The largest absolute Gasteiger partial charge is 0.477 e. The van der Waals surface area contributed by atoms with Crippen molar-refractivity contribution in [3.05, 3.63) is 24.0 Å². The molecule has 2 rings (SSSR count). The Labute approximate surface area is 122 Å². The highest BCUT2D eigenvalue weighted by atomic mass is 16.4. The van der Waals surface area contributed by atoms with Gasteiger partial charge in [0.1, 0.15) is 12.2 Å². The Bertz CT molecular complexity index is 546. The number of carboxylic acids is 1. The number of aromatic nitrogens is 1. The Morgan fingerprint density at radius 1 is 1.29 bits per heavy atom. The maximum absolute atomic E-state index is 12.1. The molecule has 1 aromatic rings. The zero-order chi connectivity index (χ0) is 15.4. The molecule has 7 nitrogen and oxygen atoms in total. The summed E-state index contributed by atoms with van der Waals surface area (Å²) >= 11 is 0. The molecular weight excluding hydrogens is 274 g/mol. The number of likely N-dealkylation sites (tertiary alicyclic amines) is 1. The minimum absolute atomic E-state index is 0.0303. The van der Waals surface area contributed by atoms with Gasteiger partial charge < -0.3 is 19.5 Å². The van der Waals surface area contributed by atoms with Crippen LogP contribution >= 0.6 is 0 Å². The normalized spacial score (nSPS) is 14.2. The van der Waals surface area contributed by atoms with Gasteiger partial charge in [0.15, 0.2) is 0 Å². The lowest BCUT2D eigenvalue weighted by Crippen LogP contribution is -2.41. The quantitative estimate of drug-likeness (QED) is 0.844. The highest BCUT2D eigenvalue weighted by Gasteiger charge is 2.21. The van der Waals surface area contributed by atoms with Crippen LogP contribution in [0.3, 0.4) is 0 Å². The third kappa shape index (κ3) is 3.62. The monoisotopic (exact) mass is 293 g/mol. The Balaban J connectivity index is 1.91. The first-order valence-corrected chi connectivity index (χ1v) is 6.89. The van der Waals surface area contributed by atoms with Gasteiger partial charge >= 0.3 is 5.97 Å². The maximum Gasteiger partial charge on any atom is 0.352 e. The topological polar surface area (TPSA) is 82.9 Å². The number of nitrogens with zero attached hydrogens (tertiary/aromatic N) is 3. The summed E-state index contributed by atoms with van der Waals surface area (Å²) in [5.41, 5.74) is 0.0580. The zero-order valence-corrected chi connectivity index (χ0v) is 12.0. The van der Waals surface area contributed by atoms with E-state index in [4.69, 9.17) is 5.11 Å². The molecule has 1 N–H and O–H groups in total. The summed E-state index contributed by atoms with van der Waals surface area (Å²) in [5, 5.41) is 8.99. The zero-order valence-electron chi connectivity index (χ0n) is 12.0. The number of amides is 2. The minimum atomic E-state index is -1.08. The minimum Gasteiger partial charge on any atom is -0.477 e. The van der Waals surface area contributed by atoms with Gasteiger partial charge in [-0.15, -0.1) is 0 Å². The number of rotatable bonds is 5. The lowest BCUT2D eigenvalue weighted by molar-refractivity contribution is -0.139. The number of carbonyl (C=O) groups is 3. The summed E-state index contributed by atoms with van der Waals surface area (Å²) < 4.78 is 1.36. The van der Waals surface area contributed by atoms with Gasteiger partial charge in [0, 0.05) is 26.3 Å². The van der Waals surface area contributed by atoms with Crippen LogP contribution in [0, 0.1) is 0 Å². The number of carboxylic acid groups (broad SMARTS) is 1.